The number of aliphatic imine (C=N–C) groups is 1. The van der Waals surface area contributed by atoms with E-state index in [1.807, 2.05) is 18.3 Å². The molecule has 0 fully saturated rings. The fraction of sp³-hybridized carbons (Fsp3) is 0.143. The van der Waals surface area contributed by atoms with Crippen molar-refractivity contribution in [1.29, 1.82) is 0 Å². The molecule has 0 saturated heterocycles. The van der Waals surface area contributed by atoms with Gasteiger partial charge in [-0.1, -0.05) is 6.07 Å². The molecule has 0 aliphatic carbocycles. The van der Waals surface area contributed by atoms with Crippen LogP contribution in [0.5, 0.6) is 0 Å². The van der Waals surface area contributed by atoms with E-state index in [0.29, 0.717) is 5.69 Å². The van der Waals surface area contributed by atoms with Gasteiger partial charge in [0.2, 0.25) is 0 Å². The second-order valence-electron chi connectivity index (χ2n) is 3.83. The third-order valence-corrected chi connectivity index (χ3v) is 2.64. The summed E-state index contributed by atoms with van der Waals surface area (Å²) in [5, 5.41) is 8.89. The molecule has 0 radical (unpaired) electrons. The number of aryl methyl sites for hydroxylation is 1. The second-order valence-corrected chi connectivity index (χ2v) is 3.83. The number of benzene rings is 1. The van der Waals surface area contributed by atoms with Crippen LogP contribution in [0.25, 0.3) is 0 Å². The van der Waals surface area contributed by atoms with Crippen LogP contribution >= 0.6 is 0 Å². The van der Waals surface area contributed by atoms with Crippen LogP contribution in [0.4, 0.5) is 5.69 Å². The zero-order valence-corrected chi connectivity index (χ0v) is 10.1. The van der Waals surface area contributed by atoms with Crippen molar-refractivity contribution >= 4 is 17.9 Å². The van der Waals surface area contributed by atoms with Crippen LogP contribution in [0.2, 0.25) is 0 Å². The number of aromatic nitrogens is 1. The zero-order valence-electron chi connectivity index (χ0n) is 10.1. The van der Waals surface area contributed by atoms with E-state index in [1.54, 1.807) is 30.5 Å². The van der Waals surface area contributed by atoms with Crippen molar-refractivity contribution in [3.05, 3.63) is 53.9 Å². The molecular weight excluding hydrogens is 228 g/mol. The van der Waals surface area contributed by atoms with Crippen molar-refractivity contribution in [2.75, 3.05) is 0 Å². The normalized spacial score (nSPS) is 10.9. The topological polar surface area (TPSA) is 54.6 Å². The molecule has 4 nitrogen and oxygen atoms in total. The number of hydrogen-bond donors (Lipinski definition) is 1. The molecule has 0 aliphatic heterocycles. The third kappa shape index (κ3) is 2.66. The van der Waals surface area contributed by atoms with Gasteiger partial charge in [0.15, 0.2) is 0 Å². The van der Waals surface area contributed by atoms with Gasteiger partial charge in [0.1, 0.15) is 0 Å². The fourth-order valence-electron chi connectivity index (χ4n) is 1.69. The summed E-state index contributed by atoms with van der Waals surface area (Å²) in [6.45, 7) is 2.94. The number of hydrogen-bond acceptors (Lipinski definition) is 2. The summed E-state index contributed by atoms with van der Waals surface area (Å²) in [5.41, 5.74) is 1.88. The van der Waals surface area contributed by atoms with Crippen LogP contribution in [0.1, 0.15) is 23.0 Å². The van der Waals surface area contributed by atoms with Crippen LogP contribution < -0.4 is 0 Å². The molecule has 0 unspecified atom stereocenters. The summed E-state index contributed by atoms with van der Waals surface area (Å²) in [6, 6.07) is 10.5. The smallest absolute Gasteiger partial charge is 0.335 e. The molecule has 18 heavy (non-hydrogen) atoms. The van der Waals surface area contributed by atoms with E-state index in [2.05, 4.69) is 16.5 Å². The number of nitrogens with zero attached hydrogens (tertiary/aromatic N) is 2. The highest BCUT2D eigenvalue weighted by molar-refractivity contribution is 5.89. The first-order valence-electron chi connectivity index (χ1n) is 5.73. The monoisotopic (exact) mass is 242 g/mol. The summed E-state index contributed by atoms with van der Waals surface area (Å²) in [7, 11) is 0. The Morgan fingerprint density at radius 2 is 2.22 bits per heavy atom. The minimum atomic E-state index is -0.941. The van der Waals surface area contributed by atoms with Gasteiger partial charge >= 0.3 is 5.97 Å². The van der Waals surface area contributed by atoms with Crippen LogP contribution in [0.15, 0.2) is 47.6 Å². The lowest BCUT2D eigenvalue weighted by molar-refractivity contribution is 0.0697. The Kier molecular flexibility index (Phi) is 3.57. The lowest BCUT2D eigenvalue weighted by Gasteiger charge is -2.00. The number of carbonyl (C=O) groups is 1. The summed E-state index contributed by atoms with van der Waals surface area (Å²) >= 11 is 0. The van der Waals surface area contributed by atoms with Gasteiger partial charge in [-0.15, -0.1) is 0 Å². The molecule has 1 aromatic heterocycles. The van der Waals surface area contributed by atoms with E-state index >= 15 is 0 Å². The highest BCUT2D eigenvalue weighted by Gasteiger charge is 2.02. The molecule has 2 aromatic rings. The van der Waals surface area contributed by atoms with E-state index < -0.39 is 5.97 Å². The van der Waals surface area contributed by atoms with Gasteiger partial charge in [-0.05, 0) is 37.3 Å². The number of carboxylic acids is 1. The first-order chi connectivity index (χ1) is 8.70. The highest BCUT2D eigenvalue weighted by atomic mass is 16.4. The molecule has 4 heteroatoms. The summed E-state index contributed by atoms with van der Waals surface area (Å²) in [4.78, 5) is 15.1. The van der Waals surface area contributed by atoms with Crippen molar-refractivity contribution in [3.63, 3.8) is 0 Å². The lowest BCUT2D eigenvalue weighted by atomic mass is 10.2. The van der Waals surface area contributed by atoms with E-state index in [9.17, 15) is 4.79 Å². The van der Waals surface area contributed by atoms with Crippen molar-refractivity contribution in [2.24, 2.45) is 4.99 Å². The minimum Gasteiger partial charge on any atom is -0.478 e. The molecule has 0 aliphatic rings. The number of carboxylic acid groups (broad SMARTS) is 1. The Hall–Kier alpha value is -2.36. The van der Waals surface area contributed by atoms with Crippen molar-refractivity contribution < 1.29 is 9.90 Å². The Morgan fingerprint density at radius 1 is 1.39 bits per heavy atom. The lowest BCUT2D eigenvalue weighted by Crippen LogP contribution is -1.97. The predicted molar refractivity (Wildman–Crippen MR) is 70.8 cm³/mol. The van der Waals surface area contributed by atoms with Crippen molar-refractivity contribution in [3.8, 4) is 0 Å². The van der Waals surface area contributed by atoms with Gasteiger partial charge in [-0.2, -0.15) is 0 Å². The SMILES string of the molecule is CCn1cccc1C=Nc1cccc(C(=O)O)c1. The van der Waals surface area contributed by atoms with Crippen LogP contribution in [-0.4, -0.2) is 21.9 Å². The zero-order chi connectivity index (χ0) is 13.0. The van der Waals surface area contributed by atoms with E-state index in [4.69, 9.17) is 5.11 Å². The van der Waals surface area contributed by atoms with Gasteiger partial charge in [-0.3, -0.25) is 4.99 Å². The van der Waals surface area contributed by atoms with Gasteiger partial charge in [-0.25, -0.2) is 4.79 Å². The second kappa shape index (κ2) is 5.31. The van der Waals surface area contributed by atoms with Crippen molar-refractivity contribution in [2.45, 2.75) is 13.5 Å². The Balaban J connectivity index is 2.23. The van der Waals surface area contributed by atoms with Gasteiger partial charge in [0, 0.05) is 12.7 Å². The van der Waals surface area contributed by atoms with Crippen LogP contribution in [0, 0.1) is 0 Å². The first kappa shape index (κ1) is 12.1. The third-order valence-electron chi connectivity index (χ3n) is 2.64. The van der Waals surface area contributed by atoms with Gasteiger partial charge in [0.05, 0.1) is 23.2 Å². The summed E-state index contributed by atoms with van der Waals surface area (Å²) in [6.07, 6.45) is 3.72. The van der Waals surface area contributed by atoms with Gasteiger partial charge < -0.3 is 9.67 Å². The average molecular weight is 242 g/mol. The Labute approximate surface area is 105 Å². The maximum Gasteiger partial charge on any atom is 0.335 e. The molecule has 0 saturated carbocycles. The largest absolute Gasteiger partial charge is 0.478 e. The Morgan fingerprint density at radius 3 is 2.94 bits per heavy atom. The van der Waals surface area contributed by atoms with Gasteiger partial charge in [0.25, 0.3) is 0 Å². The average Bonchev–Trinajstić information content (AvgIpc) is 2.84. The molecule has 0 atom stereocenters. The van der Waals surface area contributed by atoms with E-state index in [0.717, 1.165) is 12.2 Å². The molecule has 1 heterocycles. The molecule has 0 spiro atoms. The molecule has 0 amide bonds. The van der Waals surface area contributed by atoms with Crippen LogP contribution in [0.3, 0.4) is 0 Å². The quantitative estimate of drug-likeness (QED) is 0.838. The molecule has 2 rings (SSSR count). The molecular formula is C14H14N2O2. The fourth-order valence-corrected chi connectivity index (χ4v) is 1.69. The standard InChI is InChI=1S/C14H14N2O2/c1-2-16-8-4-7-13(16)10-15-12-6-3-5-11(9-12)14(17)18/h3-10H,2H2,1H3,(H,17,18). The van der Waals surface area contributed by atoms with E-state index in [1.165, 1.54) is 0 Å². The molecule has 1 N–H and O–H groups in total. The summed E-state index contributed by atoms with van der Waals surface area (Å²) in [5.74, 6) is -0.941. The van der Waals surface area contributed by atoms with Crippen LogP contribution in [-0.2, 0) is 6.54 Å². The molecule has 0 bridgehead atoms. The van der Waals surface area contributed by atoms with E-state index in [-0.39, 0.29) is 5.56 Å². The molecule has 1 aromatic carbocycles. The Bertz CT molecular complexity index is 585. The maximum absolute atomic E-state index is 10.8. The maximum atomic E-state index is 10.8. The highest BCUT2D eigenvalue weighted by Crippen LogP contribution is 2.14. The number of aromatic carboxylic acids is 1. The first-order valence-corrected chi connectivity index (χ1v) is 5.73. The summed E-state index contributed by atoms with van der Waals surface area (Å²) < 4.78 is 2.06. The minimum absolute atomic E-state index is 0.246. The van der Waals surface area contributed by atoms with Crippen molar-refractivity contribution in [1.82, 2.24) is 4.57 Å². The predicted octanol–water partition coefficient (Wildman–Crippen LogP) is 2.96. The number of rotatable bonds is 4. The molecule has 92 valence electrons.